The zero-order valence-electron chi connectivity index (χ0n) is 17.8. The summed E-state index contributed by atoms with van der Waals surface area (Å²) in [6.45, 7) is 1.29. The van der Waals surface area contributed by atoms with Crippen LogP contribution in [0.1, 0.15) is 13.3 Å². The van der Waals surface area contributed by atoms with Crippen LogP contribution >= 0.6 is 0 Å². The molecule has 2 aromatic carbocycles. The largest absolute Gasteiger partial charge is 0.481 e. The molecule has 2 N–H and O–H groups in total. The number of nitrogens with one attached hydrogen (secondary N) is 1. The van der Waals surface area contributed by atoms with Crippen molar-refractivity contribution in [3.05, 3.63) is 65.9 Å². The number of carbonyl (C=O) groups excluding carboxylic acids is 3. The summed E-state index contributed by atoms with van der Waals surface area (Å²) in [6.07, 6.45) is 1.01. The minimum absolute atomic E-state index is 0.128. The van der Waals surface area contributed by atoms with E-state index in [1.807, 2.05) is 0 Å². The highest BCUT2D eigenvalue weighted by molar-refractivity contribution is 6.21. The van der Waals surface area contributed by atoms with E-state index >= 15 is 0 Å². The first-order valence-electron chi connectivity index (χ1n) is 9.94. The van der Waals surface area contributed by atoms with E-state index in [-0.39, 0.29) is 29.8 Å². The van der Waals surface area contributed by atoms with E-state index in [0.717, 1.165) is 17.0 Å². The number of carbonyl (C=O) groups is 4. The molecule has 0 saturated heterocycles. The van der Waals surface area contributed by atoms with Gasteiger partial charge in [0.1, 0.15) is 11.6 Å². The number of carboxylic acids is 1. The number of amides is 3. The average Bonchev–Trinajstić information content (AvgIpc) is 2.75. The Morgan fingerprint density at radius 1 is 1.12 bits per heavy atom. The van der Waals surface area contributed by atoms with Crippen LogP contribution < -0.4 is 10.2 Å². The average molecular weight is 457 g/mol. The van der Waals surface area contributed by atoms with Crippen molar-refractivity contribution >= 4 is 29.4 Å². The Bertz CT molecular complexity index is 1150. The molecular formula is C23H21F2N3O5. The van der Waals surface area contributed by atoms with Gasteiger partial charge in [-0.05, 0) is 36.8 Å². The van der Waals surface area contributed by atoms with Crippen LogP contribution in [0.4, 0.5) is 19.3 Å². The molecule has 1 atom stereocenters. The number of nitrogens with zero attached hydrogens (tertiary/aromatic N) is 2. The smallest absolute Gasteiger partial charge is 0.323 e. The summed E-state index contributed by atoms with van der Waals surface area (Å²) in [6, 6.07) is 6.56. The lowest BCUT2D eigenvalue weighted by atomic mass is 9.98. The second-order valence-corrected chi connectivity index (χ2v) is 7.44. The Morgan fingerprint density at radius 3 is 2.39 bits per heavy atom. The van der Waals surface area contributed by atoms with Crippen LogP contribution in [0, 0.1) is 11.6 Å². The lowest BCUT2D eigenvalue weighted by molar-refractivity contribution is -0.137. The highest BCUT2D eigenvalue weighted by Gasteiger charge is 2.41. The van der Waals surface area contributed by atoms with Crippen molar-refractivity contribution in [2.75, 3.05) is 18.5 Å². The van der Waals surface area contributed by atoms with Gasteiger partial charge in [-0.1, -0.05) is 12.1 Å². The SMILES string of the molecule is CC1=CN(C)C(=O)[C@@H](N(C(=O)NCCC(=O)O)c2ccc(-c3ccc(F)cc3F)cc2)C1=O. The maximum atomic E-state index is 14.1. The first-order valence-corrected chi connectivity index (χ1v) is 9.94. The zero-order chi connectivity index (χ0) is 24.3. The normalized spacial score (nSPS) is 15.8. The predicted molar refractivity (Wildman–Crippen MR) is 115 cm³/mol. The Balaban J connectivity index is 1.99. The molecule has 1 aliphatic rings. The van der Waals surface area contributed by atoms with E-state index in [2.05, 4.69) is 5.32 Å². The Kier molecular flexibility index (Phi) is 6.86. The summed E-state index contributed by atoms with van der Waals surface area (Å²) in [5, 5.41) is 11.2. The van der Waals surface area contributed by atoms with Gasteiger partial charge in [0, 0.05) is 42.7 Å². The zero-order valence-corrected chi connectivity index (χ0v) is 17.8. The Morgan fingerprint density at radius 2 is 1.79 bits per heavy atom. The number of ketones is 1. The molecule has 0 saturated carbocycles. The molecule has 0 fully saturated rings. The molecule has 3 amide bonds. The first-order chi connectivity index (χ1) is 15.6. The number of rotatable bonds is 6. The topological polar surface area (TPSA) is 107 Å². The minimum Gasteiger partial charge on any atom is -0.481 e. The number of Topliss-reactive ketones (excluding diaryl/α,β-unsaturated/α-hetero) is 1. The molecule has 10 heteroatoms. The maximum Gasteiger partial charge on any atom is 0.323 e. The molecule has 0 bridgehead atoms. The fraction of sp³-hybridized carbons (Fsp3) is 0.217. The van der Waals surface area contributed by atoms with Gasteiger partial charge in [0.05, 0.1) is 6.42 Å². The van der Waals surface area contributed by atoms with Crippen molar-refractivity contribution < 1.29 is 33.1 Å². The van der Waals surface area contributed by atoms with Gasteiger partial charge < -0.3 is 15.3 Å². The maximum absolute atomic E-state index is 14.1. The second-order valence-electron chi connectivity index (χ2n) is 7.44. The van der Waals surface area contributed by atoms with Gasteiger partial charge >= 0.3 is 12.0 Å². The van der Waals surface area contributed by atoms with Gasteiger partial charge in [-0.25, -0.2) is 13.6 Å². The third kappa shape index (κ3) is 5.05. The molecule has 0 aliphatic carbocycles. The molecule has 0 aromatic heterocycles. The minimum atomic E-state index is -1.50. The number of hydrogen-bond acceptors (Lipinski definition) is 4. The fourth-order valence-electron chi connectivity index (χ4n) is 3.44. The van der Waals surface area contributed by atoms with E-state index in [9.17, 15) is 28.0 Å². The second kappa shape index (κ2) is 9.60. The molecule has 2 aromatic rings. The van der Waals surface area contributed by atoms with Crippen molar-refractivity contribution in [1.29, 1.82) is 0 Å². The van der Waals surface area contributed by atoms with E-state index in [4.69, 9.17) is 5.11 Å². The molecule has 1 heterocycles. The number of anilines is 1. The van der Waals surface area contributed by atoms with E-state index in [0.29, 0.717) is 5.56 Å². The Hall–Kier alpha value is -4.08. The standard InChI is InChI=1S/C23H21F2N3O5/c1-13-12-27(2)22(32)20(21(13)31)28(23(33)26-10-9-19(29)30)16-6-3-14(4-7-16)17-8-5-15(24)11-18(17)25/h3-8,11-12,20H,9-10H2,1-2H3,(H,26,33)(H,29,30)/t20-/m0/s1. The van der Waals surface area contributed by atoms with Crippen molar-refractivity contribution in [2.24, 2.45) is 0 Å². The number of halogens is 2. The Labute approximate surface area is 188 Å². The molecule has 0 radical (unpaired) electrons. The van der Waals surface area contributed by atoms with Crippen molar-refractivity contribution in [3.63, 3.8) is 0 Å². The van der Waals surface area contributed by atoms with Crippen LogP contribution in [0.25, 0.3) is 11.1 Å². The van der Waals surface area contributed by atoms with Gasteiger partial charge in [-0.2, -0.15) is 0 Å². The van der Waals surface area contributed by atoms with E-state index in [1.165, 1.54) is 55.4 Å². The highest BCUT2D eigenvalue weighted by Crippen LogP contribution is 2.28. The third-order valence-corrected chi connectivity index (χ3v) is 5.09. The van der Waals surface area contributed by atoms with E-state index in [1.54, 1.807) is 0 Å². The van der Waals surface area contributed by atoms with Gasteiger partial charge in [0.25, 0.3) is 5.91 Å². The fourth-order valence-corrected chi connectivity index (χ4v) is 3.44. The number of urea groups is 1. The van der Waals surface area contributed by atoms with Gasteiger partial charge in [-0.3, -0.25) is 19.3 Å². The van der Waals surface area contributed by atoms with Crippen molar-refractivity contribution in [1.82, 2.24) is 10.2 Å². The van der Waals surface area contributed by atoms with Gasteiger partial charge in [0.2, 0.25) is 0 Å². The molecule has 8 nitrogen and oxygen atoms in total. The van der Waals surface area contributed by atoms with Gasteiger partial charge in [0.15, 0.2) is 11.8 Å². The van der Waals surface area contributed by atoms with Crippen LogP contribution in [-0.4, -0.2) is 53.3 Å². The van der Waals surface area contributed by atoms with Crippen LogP contribution in [0.3, 0.4) is 0 Å². The predicted octanol–water partition coefficient (Wildman–Crippen LogP) is 2.94. The number of aliphatic carboxylic acids is 1. The van der Waals surface area contributed by atoms with E-state index < -0.39 is 41.4 Å². The monoisotopic (exact) mass is 457 g/mol. The summed E-state index contributed by atoms with van der Waals surface area (Å²) < 4.78 is 27.4. The van der Waals surface area contributed by atoms with Crippen molar-refractivity contribution in [2.45, 2.75) is 19.4 Å². The number of hydrogen-bond donors (Lipinski definition) is 2. The van der Waals surface area contributed by atoms with Crippen LogP contribution in [0.5, 0.6) is 0 Å². The van der Waals surface area contributed by atoms with Crippen LogP contribution in [0.15, 0.2) is 54.2 Å². The molecule has 0 spiro atoms. The summed E-state index contributed by atoms with van der Waals surface area (Å²) in [4.78, 5) is 51.5. The summed E-state index contributed by atoms with van der Waals surface area (Å²) in [7, 11) is 1.45. The molecular weight excluding hydrogens is 436 g/mol. The summed E-state index contributed by atoms with van der Waals surface area (Å²) in [5.74, 6) is -3.85. The number of benzene rings is 2. The number of carboxylic acid groups (broad SMARTS) is 1. The van der Waals surface area contributed by atoms with Crippen molar-refractivity contribution in [3.8, 4) is 11.1 Å². The molecule has 33 heavy (non-hydrogen) atoms. The lowest BCUT2D eigenvalue weighted by Gasteiger charge is -2.34. The third-order valence-electron chi connectivity index (χ3n) is 5.09. The highest BCUT2D eigenvalue weighted by atomic mass is 19.1. The van der Waals surface area contributed by atoms with Crippen LogP contribution in [0.2, 0.25) is 0 Å². The lowest BCUT2D eigenvalue weighted by Crippen LogP contribution is -2.58. The summed E-state index contributed by atoms with van der Waals surface area (Å²) >= 11 is 0. The van der Waals surface area contributed by atoms with Crippen LogP contribution in [-0.2, 0) is 14.4 Å². The molecule has 0 unspecified atom stereocenters. The quantitative estimate of drug-likeness (QED) is 0.649. The molecule has 172 valence electrons. The van der Waals surface area contributed by atoms with Gasteiger partial charge in [-0.15, -0.1) is 0 Å². The first kappa shape index (κ1) is 23.6. The molecule has 3 rings (SSSR count). The number of likely N-dealkylation sites (N-methyl/N-ethyl adjacent to an activating group) is 1. The summed E-state index contributed by atoms with van der Waals surface area (Å²) in [5.41, 5.74) is 0.931. The molecule has 1 aliphatic heterocycles.